The van der Waals surface area contributed by atoms with Crippen LogP contribution in [-0.2, 0) is 18.3 Å². The lowest BCUT2D eigenvalue weighted by atomic mass is 9.93. The summed E-state index contributed by atoms with van der Waals surface area (Å²) in [5.74, 6) is 0.0713. The fourth-order valence-corrected chi connectivity index (χ4v) is 2.51. The second-order valence-electron chi connectivity index (χ2n) is 5.37. The summed E-state index contributed by atoms with van der Waals surface area (Å²) >= 11 is 0. The van der Waals surface area contributed by atoms with Crippen LogP contribution in [0.4, 0.5) is 0 Å². The van der Waals surface area contributed by atoms with E-state index in [1.165, 1.54) is 11.3 Å². The zero-order chi connectivity index (χ0) is 13.8. The Kier molecular flexibility index (Phi) is 4.58. The van der Waals surface area contributed by atoms with Crippen molar-refractivity contribution in [2.24, 2.45) is 7.05 Å². The van der Waals surface area contributed by atoms with Crippen molar-refractivity contribution < 1.29 is 4.79 Å². The molecule has 0 saturated heterocycles. The van der Waals surface area contributed by atoms with Gasteiger partial charge in [-0.25, -0.2) is 0 Å². The molecule has 0 bridgehead atoms. The third-order valence-corrected chi connectivity index (χ3v) is 3.93. The van der Waals surface area contributed by atoms with E-state index in [4.69, 9.17) is 0 Å². The van der Waals surface area contributed by atoms with Crippen molar-refractivity contribution in [3.63, 3.8) is 0 Å². The van der Waals surface area contributed by atoms with E-state index >= 15 is 0 Å². The molecule has 1 heterocycles. The largest absolute Gasteiger partial charge is 0.348 e. The smallest absolute Gasteiger partial charge is 0.234 e. The summed E-state index contributed by atoms with van der Waals surface area (Å²) in [5, 5.41) is 10.6. The van der Waals surface area contributed by atoms with Gasteiger partial charge in [-0.1, -0.05) is 6.92 Å². The van der Waals surface area contributed by atoms with Crippen molar-refractivity contribution in [3.8, 4) is 0 Å². The molecule has 19 heavy (non-hydrogen) atoms. The SMILES string of the molecule is CCC(C)NCC(=O)NC1CCCc2c1cnn2C. The number of aromatic nitrogens is 2. The number of hydrogen-bond donors (Lipinski definition) is 2. The topological polar surface area (TPSA) is 59.0 Å². The average molecular weight is 264 g/mol. The molecule has 2 unspecified atom stereocenters. The van der Waals surface area contributed by atoms with Crippen LogP contribution in [0.3, 0.4) is 0 Å². The van der Waals surface area contributed by atoms with Crippen molar-refractivity contribution in [3.05, 3.63) is 17.5 Å². The molecule has 0 saturated carbocycles. The normalized spacial score (nSPS) is 19.8. The van der Waals surface area contributed by atoms with E-state index in [1.54, 1.807) is 0 Å². The second kappa shape index (κ2) is 6.19. The van der Waals surface area contributed by atoms with E-state index in [2.05, 4.69) is 29.6 Å². The number of rotatable bonds is 5. The number of fused-ring (bicyclic) bond motifs is 1. The van der Waals surface area contributed by atoms with Crippen molar-refractivity contribution in [1.82, 2.24) is 20.4 Å². The van der Waals surface area contributed by atoms with Gasteiger partial charge in [0.25, 0.3) is 0 Å². The van der Waals surface area contributed by atoms with Crippen LogP contribution in [0.5, 0.6) is 0 Å². The molecule has 5 nitrogen and oxygen atoms in total. The predicted molar refractivity (Wildman–Crippen MR) is 74.8 cm³/mol. The first-order valence-corrected chi connectivity index (χ1v) is 7.15. The minimum absolute atomic E-state index is 0.0713. The highest BCUT2D eigenvalue weighted by molar-refractivity contribution is 5.78. The maximum atomic E-state index is 11.9. The van der Waals surface area contributed by atoms with Gasteiger partial charge in [0.1, 0.15) is 0 Å². The quantitative estimate of drug-likeness (QED) is 0.843. The van der Waals surface area contributed by atoms with E-state index in [-0.39, 0.29) is 11.9 Å². The minimum Gasteiger partial charge on any atom is -0.348 e. The Balaban J connectivity index is 1.91. The first-order valence-electron chi connectivity index (χ1n) is 7.15. The zero-order valence-corrected chi connectivity index (χ0v) is 12.1. The molecule has 1 aromatic heterocycles. The molecule has 106 valence electrons. The summed E-state index contributed by atoms with van der Waals surface area (Å²) in [6.07, 6.45) is 6.10. The van der Waals surface area contributed by atoms with Gasteiger partial charge in [0.2, 0.25) is 5.91 Å². The Morgan fingerprint density at radius 3 is 3.16 bits per heavy atom. The number of amides is 1. The number of hydrogen-bond acceptors (Lipinski definition) is 3. The molecule has 5 heteroatoms. The first kappa shape index (κ1) is 14.1. The lowest BCUT2D eigenvalue weighted by Gasteiger charge is -2.24. The summed E-state index contributed by atoms with van der Waals surface area (Å²) in [6, 6.07) is 0.509. The molecule has 2 rings (SSSR count). The fraction of sp³-hybridized carbons (Fsp3) is 0.714. The first-order chi connectivity index (χ1) is 9.11. The van der Waals surface area contributed by atoms with Crippen LogP contribution in [0.15, 0.2) is 6.20 Å². The van der Waals surface area contributed by atoms with Gasteiger partial charge in [-0.05, 0) is 32.6 Å². The Bertz CT molecular complexity index is 441. The lowest BCUT2D eigenvalue weighted by molar-refractivity contribution is -0.121. The molecule has 0 aromatic carbocycles. The van der Waals surface area contributed by atoms with Gasteiger partial charge in [-0.2, -0.15) is 5.10 Å². The van der Waals surface area contributed by atoms with E-state index in [0.29, 0.717) is 12.6 Å². The van der Waals surface area contributed by atoms with Gasteiger partial charge in [0, 0.05) is 24.3 Å². The van der Waals surface area contributed by atoms with Crippen LogP contribution in [0.25, 0.3) is 0 Å². The predicted octanol–water partition coefficient (Wildman–Crippen LogP) is 1.30. The molecule has 0 spiro atoms. The highest BCUT2D eigenvalue weighted by Crippen LogP contribution is 2.28. The zero-order valence-electron chi connectivity index (χ0n) is 12.1. The van der Waals surface area contributed by atoms with Crippen LogP contribution in [-0.4, -0.2) is 28.3 Å². The van der Waals surface area contributed by atoms with Crippen LogP contribution in [0, 0.1) is 0 Å². The van der Waals surface area contributed by atoms with E-state index < -0.39 is 0 Å². The second-order valence-corrected chi connectivity index (χ2v) is 5.37. The number of carbonyl (C=O) groups is 1. The fourth-order valence-electron chi connectivity index (χ4n) is 2.51. The van der Waals surface area contributed by atoms with Crippen molar-refractivity contribution >= 4 is 5.91 Å². The molecule has 1 aromatic rings. The van der Waals surface area contributed by atoms with Gasteiger partial charge in [0.15, 0.2) is 0 Å². The number of aryl methyl sites for hydroxylation is 1. The Morgan fingerprint density at radius 1 is 1.63 bits per heavy atom. The minimum atomic E-state index is 0.0713. The Labute approximate surface area is 114 Å². The molecule has 2 N–H and O–H groups in total. The maximum absolute atomic E-state index is 11.9. The molecule has 0 aliphatic heterocycles. The van der Waals surface area contributed by atoms with Crippen LogP contribution in [0.1, 0.15) is 50.4 Å². The Hall–Kier alpha value is -1.36. The lowest BCUT2D eigenvalue weighted by Crippen LogP contribution is -2.40. The average Bonchev–Trinajstić information content (AvgIpc) is 2.79. The standard InChI is InChI=1S/C14H24N4O/c1-4-10(2)15-9-14(19)17-12-6-5-7-13-11(12)8-16-18(13)3/h8,10,12,15H,4-7,9H2,1-3H3,(H,17,19). The molecular formula is C14H24N4O. The van der Waals surface area contributed by atoms with Gasteiger partial charge >= 0.3 is 0 Å². The third kappa shape index (κ3) is 3.35. The van der Waals surface area contributed by atoms with Gasteiger partial charge in [-0.3, -0.25) is 9.48 Å². The van der Waals surface area contributed by atoms with Gasteiger partial charge in [0.05, 0.1) is 18.8 Å². The molecule has 2 atom stereocenters. The van der Waals surface area contributed by atoms with Crippen molar-refractivity contribution in [2.45, 2.75) is 51.6 Å². The number of nitrogens with zero attached hydrogens (tertiary/aromatic N) is 2. The molecule has 0 fully saturated rings. The molecule has 1 aliphatic rings. The van der Waals surface area contributed by atoms with Gasteiger partial charge in [-0.15, -0.1) is 0 Å². The van der Waals surface area contributed by atoms with E-state index in [0.717, 1.165) is 25.7 Å². The summed E-state index contributed by atoms with van der Waals surface area (Å²) in [5.41, 5.74) is 2.44. The summed E-state index contributed by atoms with van der Waals surface area (Å²) in [7, 11) is 1.97. The summed E-state index contributed by atoms with van der Waals surface area (Å²) < 4.78 is 1.92. The molecule has 1 aliphatic carbocycles. The third-order valence-electron chi connectivity index (χ3n) is 3.93. The monoisotopic (exact) mass is 264 g/mol. The molecule has 0 radical (unpaired) electrons. The summed E-state index contributed by atoms with van der Waals surface area (Å²) in [4.78, 5) is 11.9. The van der Waals surface area contributed by atoms with Crippen LogP contribution < -0.4 is 10.6 Å². The van der Waals surface area contributed by atoms with Crippen molar-refractivity contribution in [2.75, 3.05) is 6.54 Å². The van der Waals surface area contributed by atoms with E-state index in [9.17, 15) is 4.79 Å². The summed E-state index contributed by atoms with van der Waals surface area (Å²) in [6.45, 7) is 4.59. The Morgan fingerprint density at radius 2 is 2.42 bits per heavy atom. The van der Waals surface area contributed by atoms with Crippen molar-refractivity contribution in [1.29, 1.82) is 0 Å². The molecular weight excluding hydrogens is 240 g/mol. The molecule has 1 amide bonds. The van der Waals surface area contributed by atoms with Crippen LogP contribution >= 0.6 is 0 Å². The number of carbonyl (C=O) groups excluding carboxylic acids is 1. The van der Waals surface area contributed by atoms with E-state index in [1.807, 2.05) is 17.9 Å². The van der Waals surface area contributed by atoms with Crippen LogP contribution in [0.2, 0.25) is 0 Å². The highest BCUT2D eigenvalue weighted by atomic mass is 16.2. The van der Waals surface area contributed by atoms with Gasteiger partial charge < -0.3 is 10.6 Å². The highest BCUT2D eigenvalue weighted by Gasteiger charge is 2.24. The maximum Gasteiger partial charge on any atom is 0.234 e. The number of nitrogens with one attached hydrogen (secondary N) is 2.